The van der Waals surface area contributed by atoms with Crippen molar-refractivity contribution in [1.29, 1.82) is 0 Å². The normalized spacial score (nSPS) is 9.96. The monoisotopic (exact) mass is 332 g/mol. The van der Waals surface area contributed by atoms with Crippen LogP contribution in [0.3, 0.4) is 0 Å². The third kappa shape index (κ3) is 6.44. The maximum atomic E-state index is 12.8. The second-order valence-electron chi connectivity index (χ2n) is 4.77. The predicted molar refractivity (Wildman–Crippen MR) is 91.9 cm³/mol. The third-order valence-corrected chi connectivity index (χ3v) is 3.12. The molecule has 0 atom stereocenters. The van der Waals surface area contributed by atoms with Crippen LogP contribution in [0.1, 0.15) is 12.8 Å². The highest BCUT2D eigenvalue weighted by Crippen LogP contribution is 2.09. The molecule has 1 amide bonds. The standard InChI is InChI=1S/C17H17FN2O2S/c18-13-8-10-14(11-9-13)19-17(23)20-16(21)7-4-12-22-15-5-2-1-3-6-15/h1-3,5-6,8-11H,4,7,12H2,(H2,19,20,21,23). The van der Waals surface area contributed by atoms with E-state index >= 15 is 0 Å². The van der Waals surface area contributed by atoms with Gasteiger partial charge in [-0.25, -0.2) is 4.39 Å². The molecular formula is C17H17FN2O2S. The lowest BCUT2D eigenvalue weighted by Crippen LogP contribution is -2.34. The van der Waals surface area contributed by atoms with Crippen molar-refractivity contribution < 1.29 is 13.9 Å². The number of rotatable bonds is 6. The molecule has 2 aromatic carbocycles. The summed E-state index contributed by atoms with van der Waals surface area (Å²) >= 11 is 5.03. The first-order chi connectivity index (χ1) is 11.1. The molecule has 0 spiro atoms. The van der Waals surface area contributed by atoms with E-state index in [1.807, 2.05) is 30.3 Å². The SMILES string of the molecule is O=C(CCCOc1ccccc1)NC(=S)Nc1ccc(F)cc1. The van der Waals surface area contributed by atoms with Crippen LogP contribution >= 0.6 is 12.2 Å². The fraction of sp³-hybridized carbons (Fsp3) is 0.176. The molecule has 6 heteroatoms. The summed E-state index contributed by atoms with van der Waals surface area (Å²) in [7, 11) is 0. The number of halogens is 1. The van der Waals surface area contributed by atoms with Crippen LogP contribution in [-0.2, 0) is 4.79 Å². The molecule has 0 aliphatic carbocycles. The summed E-state index contributed by atoms with van der Waals surface area (Å²) in [6.45, 7) is 0.454. The Kier molecular flexibility index (Phi) is 6.50. The number of hydrogen-bond acceptors (Lipinski definition) is 3. The Hall–Kier alpha value is -2.47. The first kappa shape index (κ1) is 16.9. The Morgan fingerprint density at radius 1 is 1.09 bits per heavy atom. The minimum atomic E-state index is -0.330. The third-order valence-electron chi connectivity index (χ3n) is 2.92. The van der Waals surface area contributed by atoms with E-state index in [1.54, 1.807) is 12.1 Å². The Labute approximate surface area is 139 Å². The largest absolute Gasteiger partial charge is 0.494 e. The Morgan fingerprint density at radius 3 is 2.48 bits per heavy atom. The smallest absolute Gasteiger partial charge is 0.226 e. The van der Waals surface area contributed by atoms with Crippen molar-refractivity contribution in [2.24, 2.45) is 0 Å². The minimum absolute atomic E-state index is 0.186. The molecule has 0 bridgehead atoms. The first-order valence-corrected chi connectivity index (χ1v) is 7.58. The van der Waals surface area contributed by atoms with Gasteiger partial charge < -0.3 is 15.4 Å². The van der Waals surface area contributed by atoms with Crippen molar-refractivity contribution in [1.82, 2.24) is 5.32 Å². The van der Waals surface area contributed by atoms with E-state index in [0.29, 0.717) is 25.1 Å². The van der Waals surface area contributed by atoms with Crippen LogP contribution in [0.4, 0.5) is 10.1 Å². The van der Waals surface area contributed by atoms with Crippen molar-refractivity contribution in [3.05, 3.63) is 60.4 Å². The van der Waals surface area contributed by atoms with Crippen LogP contribution < -0.4 is 15.4 Å². The second kappa shape index (κ2) is 8.85. The number of para-hydroxylation sites is 1. The van der Waals surface area contributed by atoms with Gasteiger partial charge in [-0.15, -0.1) is 0 Å². The van der Waals surface area contributed by atoms with E-state index in [4.69, 9.17) is 17.0 Å². The number of ether oxygens (including phenoxy) is 1. The van der Waals surface area contributed by atoms with Crippen molar-refractivity contribution in [3.8, 4) is 5.75 Å². The highest BCUT2D eigenvalue weighted by atomic mass is 32.1. The van der Waals surface area contributed by atoms with Gasteiger partial charge in [-0.2, -0.15) is 0 Å². The van der Waals surface area contributed by atoms with Crippen LogP contribution in [0.15, 0.2) is 54.6 Å². The van der Waals surface area contributed by atoms with E-state index in [-0.39, 0.29) is 16.8 Å². The molecule has 0 heterocycles. The van der Waals surface area contributed by atoms with E-state index < -0.39 is 0 Å². The number of nitrogens with one attached hydrogen (secondary N) is 2. The number of thiocarbonyl (C=S) groups is 1. The van der Waals surface area contributed by atoms with E-state index in [1.165, 1.54) is 12.1 Å². The summed E-state index contributed by atoms with van der Waals surface area (Å²) in [5.74, 6) is 0.256. The van der Waals surface area contributed by atoms with Crippen LogP contribution in [0.25, 0.3) is 0 Å². The lowest BCUT2D eigenvalue weighted by atomic mass is 10.3. The summed E-state index contributed by atoms with van der Waals surface area (Å²) in [6.07, 6.45) is 0.887. The molecule has 0 fully saturated rings. The van der Waals surface area contributed by atoms with E-state index in [9.17, 15) is 9.18 Å². The van der Waals surface area contributed by atoms with Crippen LogP contribution in [0.2, 0.25) is 0 Å². The van der Waals surface area contributed by atoms with Gasteiger partial charge in [0.15, 0.2) is 5.11 Å². The lowest BCUT2D eigenvalue weighted by molar-refractivity contribution is -0.119. The van der Waals surface area contributed by atoms with Crippen LogP contribution in [0, 0.1) is 5.82 Å². The van der Waals surface area contributed by atoms with Gasteiger partial charge in [0, 0.05) is 12.1 Å². The highest BCUT2D eigenvalue weighted by molar-refractivity contribution is 7.80. The number of hydrogen-bond donors (Lipinski definition) is 2. The van der Waals surface area contributed by atoms with E-state index in [2.05, 4.69) is 10.6 Å². The van der Waals surface area contributed by atoms with Crippen molar-refractivity contribution >= 4 is 28.9 Å². The summed E-state index contributed by atoms with van der Waals surface area (Å²) < 4.78 is 18.3. The van der Waals surface area contributed by atoms with Gasteiger partial charge >= 0.3 is 0 Å². The average molecular weight is 332 g/mol. The van der Waals surface area contributed by atoms with Crippen molar-refractivity contribution in [3.63, 3.8) is 0 Å². The molecule has 23 heavy (non-hydrogen) atoms. The topological polar surface area (TPSA) is 50.4 Å². The molecule has 2 N–H and O–H groups in total. The van der Waals surface area contributed by atoms with Crippen LogP contribution in [0.5, 0.6) is 5.75 Å². The van der Waals surface area contributed by atoms with E-state index in [0.717, 1.165) is 5.75 Å². The van der Waals surface area contributed by atoms with Crippen molar-refractivity contribution in [2.75, 3.05) is 11.9 Å². The Balaban J connectivity index is 1.64. The Bertz CT molecular complexity index is 647. The van der Waals surface area contributed by atoms with Crippen LogP contribution in [-0.4, -0.2) is 17.6 Å². The van der Waals surface area contributed by atoms with Gasteiger partial charge in [0.25, 0.3) is 0 Å². The molecule has 0 aromatic heterocycles. The molecule has 0 aliphatic rings. The van der Waals surface area contributed by atoms with Gasteiger partial charge in [-0.3, -0.25) is 4.79 Å². The zero-order valence-corrected chi connectivity index (χ0v) is 13.2. The molecule has 120 valence electrons. The number of carbonyl (C=O) groups excluding carboxylic acids is 1. The number of benzene rings is 2. The number of carbonyl (C=O) groups is 1. The maximum absolute atomic E-state index is 12.8. The van der Waals surface area contributed by atoms with Crippen molar-refractivity contribution in [2.45, 2.75) is 12.8 Å². The van der Waals surface area contributed by atoms with Gasteiger partial charge in [-0.1, -0.05) is 18.2 Å². The average Bonchev–Trinajstić information content (AvgIpc) is 2.55. The fourth-order valence-electron chi connectivity index (χ4n) is 1.82. The minimum Gasteiger partial charge on any atom is -0.494 e. The van der Waals surface area contributed by atoms with Gasteiger partial charge in [0.1, 0.15) is 11.6 Å². The molecule has 4 nitrogen and oxygen atoms in total. The highest BCUT2D eigenvalue weighted by Gasteiger charge is 2.05. The molecule has 0 saturated carbocycles. The van der Waals surface area contributed by atoms with Gasteiger partial charge in [0.2, 0.25) is 5.91 Å². The Morgan fingerprint density at radius 2 is 1.78 bits per heavy atom. The number of anilines is 1. The van der Waals surface area contributed by atoms with Gasteiger partial charge in [-0.05, 0) is 55.0 Å². The molecule has 2 rings (SSSR count). The lowest BCUT2D eigenvalue weighted by Gasteiger charge is -2.10. The second-order valence-corrected chi connectivity index (χ2v) is 5.18. The summed E-state index contributed by atoms with van der Waals surface area (Å²) in [4.78, 5) is 11.8. The molecule has 0 radical (unpaired) electrons. The summed E-state index contributed by atoms with van der Waals surface area (Å²) in [5, 5.41) is 5.58. The molecular weight excluding hydrogens is 315 g/mol. The summed E-state index contributed by atoms with van der Waals surface area (Å²) in [5.41, 5.74) is 0.615. The molecule has 0 saturated heterocycles. The summed E-state index contributed by atoms with van der Waals surface area (Å²) in [6, 6.07) is 15.1. The maximum Gasteiger partial charge on any atom is 0.226 e. The zero-order valence-electron chi connectivity index (χ0n) is 12.4. The fourth-order valence-corrected chi connectivity index (χ4v) is 2.06. The first-order valence-electron chi connectivity index (χ1n) is 7.18. The predicted octanol–water partition coefficient (Wildman–Crippen LogP) is 3.50. The quantitative estimate of drug-likeness (QED) is 0.628. The molecule has 0 aliphatic heterocycles. The zero-order chi connectivity index (χ0) is 16.5. The molecule has 2 aromatic rings. The number of amides is 1. The van der Waals surface area contributed by atoms with Gasteiger partial charge in [0.05, 0.1) is 6.61 Å². The molecule has 0 unspecified atom stereocenters.